The van der Waals surface area contributed by atoms with Gasteiger partial charge in [0.2, 0.25) is 0 Å². The summed E-state index contributed by atoms with van der Waals surface area (Å²) in [6.45, 7) is 1.77. The Hall–Kier alpha value is -0.770. The van der Waals surface area contributed by atoms with E-state index in [1.54, 1.807) is 6.92 Å². The van der Waals surface area contributed by atoms with Crippen molar-refractivity contribution in [1.82, 2.24) is 0 Å². The second-order valence-electron chi connectivity index (χ2n) is 3.44. The van der Waals surface area contributed by atoms with Crippen LogP contribution in [0.25, 0.3) is 0 Å². The molecule has 0 fully saturated rings. The van der Waals surface area contributed by atoms with Crippen LogP contribution in [0.5, 0.6) is 0 Å². The molecule has 0 spiro atoms. The first-order chi connectivity index (χ1) is 7.49. The number of hydrogen-bond donors (Lipinski definition) is 0. The third-order valence-electron chi connectivity index (χ3n) is 2.11. The van der Waals surface area contributed by atoms with Crippen LogP contribution in [0, 0.1) is 0 Å². The number of anilines is 1. The molecule has 0 bridgehead atoms. The molecule has 1 aromatic carbocycles. The van der Waals surface area contributed by atoms with Gasteiger partial charge >= 0.3 is 0 Å². The summed E-state index contributed by atoms with van der Waals surface area (Å²) in [4.78, 5) is 11.6. The average molecular weight is 278 g/mol. The summed E-state index contributed by atoms with van der Waals surface area (Å²) < 4.78 is 0. The average Bonchev–Trinajstić information content (AvgIpc) is 2.43. The van der Waals surface area contributed by atoms with E-state index in [1.807, 2.05) is 0 Å². The molecular formula is C10H7Cl3N2O. The van der Waals surface area contributed by atoms with Crippen LogP contribution in [0.3, 0.4) is 0 Å². The molecule has 0 unspecified atom stereocenters. The van der Waals surface area contributed by atoms with Gasteiger partial charge in [0.1, 0.15) is 5.69 Å². The lowest BCUT2D eigenvalue weighted by atomic mass is 10.3. The van der Waals surface area contributed by atoms with Crippen molar-refractivity contribution in [1.29, 1.82) is 0 Å². The lowest BCUT2D eigenvalue weighted by molar-refractivity contribution is -0.116. The summed E-state index contributed by atoms with van der Waals surface area (Å²) in [6, 6.07) is 3.06. The third kappa shape index (κ3) is 2.03. The zero-order valence-corrected chi connectivity index (χ0v) is 10.6. The van der Waals surface area contributed by atoms with Crippen LogP contribution < -0.4 is 5.01 Å². The molecule has 16 heavy (non-hydrogen) atoms. The van der Waals surface area contributed by atoms with Crippen LogP contribution >= 0.6 is 34.8 Å². The van der Waals surface area contributed by atoms with E-state index in [0.717, 1.165) is 5.71 Å². The fourth-order valence-corrected chi connectivity index (χ4v) is 2.44. The van der Waals surface area contributed by atoms with Gasteiger partial charge in [0, 0.05) is 10.7 Å². The molecule has 0 saturated carbocycles. The SMILES string of the molecule is CC1=NN(c2c(Cl)cc(Cl)cc2Cl)C(=O)C1. The standard InChI is InChI=1S/C10H7Cl3N2O/c1-5-2-9(16)15(14-5)10-7(12)3-6(11)4-8(10)13/h3-4H,2H2,1H3. The molecule has 1 amide bonds. The van der Waals surface area contributed by atoms with Crippen molar-refractivity contribution in [2.75, 3.05) is 5.01 Å². The number of rotatable bonds is 1. The van der Waals surface area contributed by atoms with Gasteiger partial charge < -0.3 is 0 Å². The molecule has 84 valence electrons. The van der Waals surface area contributed by atoms with Crippen LogP contribution in [0.4, 0.5) is 5.69 Å². The fraction of sp³-hybridized carbons (Fsp3) is 0.200. The Morgan fingerprint density at radius 3 is 2.25 bits per heavy atom. The molecule has 2 rings (SSSR count). The fourth-order valence-electron chi connectivity index (χ4n) is 1.47. The molecule has 0 saturated heterocycles. The number of hydrazone groups is 1. The molecule has 1 aliphatic rings. The Morgan fingerprint density at radius 2 is 1.81 bits per heavy atom. The molecule has 1 aromatic rings. The van der Waals surface area contributed by atoms with E-state index in [4.69, 9.17) is 34.8 Å². The molecule has 0 aromatic heterocycles. The van der Waals surface area contributed by atoms with Gasteiger partial charge in [-0.3, -0.25) is 4.79 Å². The number of amides is 1. The van der Waals surface area contributed by atoms with E-state index < -0.39 is 0 Å². The predicted octanol–water partition coefficient (Wildman–Crippen LogP) is 3.76. The highest BCUT2D eigenvalue weighted by Gasteiger charge is 2.26. The zero-order valence-electron chi connectivity index (χ0n) is 8.30. The smallest absolute Gasteiger partial charge is 0.253 e. The Bertz CT molecular complexity index is 476. The maximum Gasteiger partial charge on any atom is 0.253 e. The molecule has 6 heteroatoms. The Balaban J connectivity index is 2.53. The van der Waals surface area contributed by atoms with Crippen molar-refractivity contribution < 1.29 is 4.79 Å². The molecule has 3 nitrogen and oxygen atoms in total. The first-order valence-corrected chi connectivity index (χ1v) is 5.64. The van der Waals surface area contributed by atoms with Gasteiger partial charge in [-0.25, -0.2) is 0 Å². The number of nitrogens with zero attached hydrogens (tertiary/aromatic N) is 2. The Morgan fingerprint density at radius 1 is 1.25 bits per heavy atom. The summed E-state index contributed by atoms with van der Waals surface area (Å²) in [5.41, 5.74) is 1.11. The minimum Gasteiger partial charge on any atom is -0.272 e. The van der Waals surface area contributed by atoms with E-state index in [0.29, 0.717) is 20.8 Å². The first kappa shape index (κ1) is 11.7. The monoisotopic (exact) mass is 276 g/mol. The molecule has 0 N–H and O–H groups in total. The molecule has 0 radical (unpaired) electrons. The molecule has 0 atom stereocenters. The minimum absolute atomic E-state index is 0.149. The van der Waals surface area contributed by atoms with E-state index in [1.165, 1.54) is 17.1 Å². The third-order valence-corrected chi connectivity index (χ3v) is 2.90. The topological polar surface area (TPSA) is 32.7 Å². The van der Waals surface area contributed by atoms with Crippen molar-refractivity contribution >= 4 is 52.1 Å². The van der Waals surface area contributed by atoms with Crippen LogP contribution in [-0.2, 0) is 4.79 Å². The van der Waals surface area contributed by atoms with E-state index in [9.17, 15) is 4.79 Å². The highest BCUT2D eigenvalue weighted by Crippen LogP contribution is 2.38. The number of halogens is 3. The van der Waals surface area contributed by atoms with Gasteiger partial charge in [-0.2, -0.15) is 10.1 Å². The van der Waals surface area contributed by atoms with Gasteiger partial charge in [-0.05, 0) is 19.1 Å². The van der Waals surface area contributed by atoms with Crippen molar-refractivity contribution in [2.45, 2.75) is 13.3 Å². The Labute approximate surface area is 108 Å². The Kier molecular flexibility index (Phi) is 3.10. The quantitative estimate of drug-likeness (QED) is 0.769. The number of carbonyl (C=O) groups is 1. The highest BCUT2D eigenvalue weighted by molar-refractivity contribution is 6.42. The lowest BCUT2D eigenvalue weighted by Gasteiger charge is -2.15. The van der Waals surface area contributed by atoms with Crippen molar-refractivity contribution in [3.05, 3.63) is 27.2 Å². The lowest BCUT2D eigenvalue weighted by Crippen LogP contribution is -2.20. The first-order valence-electron chi connectivity index (χ1n) is 4.50. The zero-order chi connectivity index (χ0) is 11.9. The predicted molar refractivity (Wildman–Crippen MR) is 66.7 cm³/mol. The molecular weight excluding hydrogens is 270 g/mol. The normalized spacial score (nSPS) is 15.6. The van der Waals surface area contributed by atoms with Gasteiger partial charge in [-0.1, -0.05) is 34.8 Å². The van der Waals surface area contributed by atoms with Gasteiger partial charge in [-0.15, -0.1) is 0 Å². The summed E-state index contributed by atoms with van der Waals surface area (Å²) in [7, 11) is 0. The van der Waals surface area contributed by atoms with Crippen LogP contribution in [0.15, 0.2) is 17.2 Å². The van der Waals surface area contributed by atoms with E-state index >= 15 is 0 Å². The summed E-state index contributed by atoms with van der Waals surface area (Å²) in [6.07, 6.45) is 0.287. The minimum atomic E-state index is -0.149. The van der Waals surface area contributed by atoms with Gasteiger partial charge in [0.25, 0.3) is 5.91 Å². The van der Waals surface area contributed by atoms with Crippen LogP contribution in [-0.4, -0.2) is 11.6 Å². The molecule has 1 aliphatic heterocycles. The van der Waals surface area contributed by atoms with Crippen molar-refractivity contribution in [2.24, 2.45) is 5.10 Å². The number of hydrogen-bond acceptors (Lipinski definition) is 2. The van der Waals surface area contributed by atoms with Crippen LogP contribution in [0.2, 0.25) is 15.1 Å². The van der Waals surface area contributed by atoms with Crippen LogP contribution in [0.1, 0.15) is 13.3 Å². The molecule has 1 heterocycles. The largest absolute Gasteiger partial charge is 0.272 e. The van der Waals surface area contributed by atoms with Gasteiger partial charge in [0.15, 0.2) is 0 Å². The number of benzene rings is 1. The van der Waals surface area contributed by atoms with Crippen molar-refractivity contribution in [3.8, 4) is 0 Å². The summed E-state index contributed by atoms with van der Waals surface area (Å²) in [5.74, 6) is -0.149. The maximum atomic E-state index is 11.6. The van der Waals surface area contributed by atoms with E-state index in [-0.39, 0.29) is 12.3 Å². The second kappa shape index (κ2) is 4.24. The highest BCUT2D eigenvalue weighted by atomic mass is 35.5. The summed E-state index contributed by atoms with van der Waals surface area (Å²) in [5, 5.41) is 6.34. The number of carbonyl (C=O) groups excluding carboxylic acids is 1. The second-order valence-corrected chi connectivity index (χ2v) is 4.69. The molecule has 0 aliphatic carbocycles. The van der Waals surface area contributed by atoms with E-state index in [2.05, 4.69) is 5.10 Å². The van der Waals surface area contributed by atoms with Crippen molar-refractivity contribution in [3.63, 3.8) is 0 Å². The summed E-state index contributed by atoms with van der Waals surface area (Å²) >= 11 is 17.8. The van der Waals surface area contributed by atoms with Gasteiger partial charge in [0.05, 0.1) is 16.5 Å². The maximum absolute atomic E-state index is 11.6.